The molecule has 0 fully saturated rings. The molecule has 0 aliphatic rings. The highest BCUT2D eigenvalue weighted by molar-refractivity contribution is 9.10. The van der Waals surface area contributed by atoms with Crippen molar-refractivity contribution in [2.24, 2.45) is 5.92 Å². The third-order valence-corrected chi connectivity index (χ3v) is 2.93. The Labute approximate surface area is 110 Å². The summed E-state index contributed by atoms with van der Waals surface area (Å²) in [6.45, 7) is 5.42. The van der Waals surface area contributed by atoms with E-state index in [1.807, 2.05) is 26.0 Å². The van der Waals surface area contributed by atoms with E-state index >= 15 is 0 Å². The van der Waals surface area contributed by atoms with E-state index in [1.165, 1.54) is 0 Å². The lowest BCUT2D eigenvalue weighted by Crippen LogP contribution is -2.27. The molecule has 1 aromatic rings. The Balaban J connectivity index is 3.00. The normalized spacial score (nSPS) is 11.4. The van der Waals surface area contributed by atoms with E-state index < -0.39 is 0 Å². The summed E-state index contributed by atoms with van der Waals surface area (Å²) in [6.07, 6.45) is 0. The van der Waals surface area contributed by atoms with Gasteiger partial charge in [0, 0.05) is 23.2 Å². The van der Waals surface area contributed by atoms with Crippen LogP contribution in [0.2, 0.25) is 0 Å². The van der Waals surface area contributed by atoms with Crippen LogP contribution in [-0.2, 0) is 0 Å². The molecule has 0 heterocycles. The predicted molar refractivity (Wildman–Crippen MR) is 71.5 cm³/mol. The summed E-state index contributed by atoms with van der Waals surface area (Å²) in [6, 6.07) is 9.95. The molecular formula is C13H14BrN3. The SMILES string of the molecule is CCN(CC(C)C#N)c1cc(Br)cc(C#N)c1. The quantitative estimate of drug-likeness (QED) is 0.855. The number of hydrogen-bond donors (Lipinski definition) is 0. The Bertz CT molecular complexity index is 471. The molecule has 0 saturated carbocycles. The van der Waals surface area contributed by atoms with E-state index in [0.29, 0.717) is 12.1 Å². The van der Waals surface area contributed by atoms with Crippen LogP contribution in [-0.4, -0.2) is 13.1 Å². The Hall–Kier alpha value is -1.52. The van der Waals surface area contributed by atoms with Gasteiger partial charge in [0.2, 0.25) is 0 Å². The highest BCUT2D eigenvalue weighted by atomic mass is 79.9. The standard InChI is InChI=1S/C13H14BrN3/c1-3-17(9-10(2)7-15)13-5-11(8-16)4-12(14)6-13/h4-6,10H,3,9H2,1-2H3. The zero-order chi connectivity index (χ0) is 12.8. The average molecular weight is 292 g/mol. The summed E-state index contributed by atoms with van der Waals surface area (Å²) in [5, 5.41) is 17.8. The maximum atomic E-state index is 8.93. The number of benzene rings is 1. The summed E-state index contributed by atoms with van der Waals surface area (Å²) < 4.78 is 0.884. The lowest BCUT2D eigenvalue weighted by molar-refractivity contribution is 0.686. The van der Waals surface area contributed by atoms with Gasteiger partial charge in [-0.25, -0.2) is 0 Å². The van der Waals surface area contributed by atoms with Crippen molar-refractivity contribution in [3.05, 3.63) is 28.2 Å². The van der Waals surface area contributed by atoms with Crippen molar-refractivity contribution in [3.63, 3.8) is 0 Å². The van der Waals surface area contributed by atoms with Gasteiger partial charge in [-0.3, -0.25) is 0 Å². The van der Waals surface area contributed by atoms with Crippen LogP contribution in [0.25, 0.3) is 0 Å². The van der Waals surface area contributed by atoms with E-state index in [9.17, 15) is 0 Å². The summed E-state index contributed by atoms with van der Waals surface area (Å²) in [5.41, 5.74) is 1.60. The minimum Gasteiger partial charge on any atom is -0.370 e. The van der Waals surface area contributed by atoms with E-state index in [4.69, 9.17) is 10.5 Å². The largest absolute Gasteiger partial charge is 0.370 e. The highest BCUT2D eigenvalue weighted by Crippen LogP contribution is 2.23. The zero-order valence-electron chi connectivity index (χ0n) is 9.94. The van der Waals surface area contributed by atoms with Crippen LogP contribution in [0.5, 0.6) is 0 Å². The van der Waals surface area contributed by atoms with Gasteiger partial charge in [-0.1, -0.05) is 15.9 Å². The van der Waals surface area contributed by atoms with Crippen molar-refractivity contribution in [3.8, 4) is 12.1 Å². The summed E-state index contributed by atoms with van der Waals surface area (Å²) in [7, 11) is 0. The van der Waals surface area contributed by atoms with Gasteiger partial charge in [0.15, 0.2) is 0 Å². The highest BCUT2D eigenvalue weighted by Gasteiger charge is 2.10. The van der Waals surface area contributed by atoms with E-state index in [1.54, 1.807) is 6.07 Å². The summed E-state index contributed by atoms with van der Waals surface area (Å²) >= 11 is 3.39. The molecule has 1 unspecified atom stereocenters. The fourth-order valence-electron chi connectivity index (χ4n) is 1.61. The first-order valence-corrected chi connectivity index (χ1v) is 6.25. The second kappa shape index (κ2) is 6.27. The fraction of sp³-hybridized carbons (Fsp3) is 0.385. The van der Waals surface area contributed by atoms with Crippen molar-refractivity contribution in [1.82, 2.24) is 0 Å². The van der Waals surface area contributed by atoms with Gasteiger partial charge in [0.1, 0.15) is 0 Å². The van der Waals surface area contributed by atoms with Crippen molar-refractivity contribution >= 4 is 21.6 Å². The number of nitrogens with zero attached hydrogens (tertiary/aromatic N) is 3. The lowest BCUT2D eigenvalue weighted by Gasteiger charge is -2.24. The van der Waals surface area contributed by atoms with Crippen LogP contribution in [0.15, 0.2) is 22.7 Å². The van der Waals surface area contributed by atoms with Crippen molar-refractivity contribution in [2.75, 3.05) is 18.0 Å². The fourth-order valence-corrected chi connectivity index (χ4v) is 2.09. The van der Waals surface area contributed by atoms with Crippen molar-refractivity contribution in [1.29, 1.82) is 10.5 Å². The molecule has 1 atom stereocenters. The molecule has 0 radical (unpaired) electrons. The second-order valence-electron chi connectivity index (χ2n) is 3.88. The van der Waals surface area contributed by atoms with Gasteiger partial charge in [0.05, 0.1) is 23.6 Å². The molecule has 0 aromatic heterocycles. The second-order valence-corrected chi connectivity index (χ2v) is 4.79. The summed E-state index contributed by atoms with van der Waals surface area (Å²) in [4.78, 5) is 2.10. The number of rotatable bonds is 4. The molecule has 3 nitrogen and oxygen atoms in total. The molecular weight excluding hydrogens is 278 g/mol. The number of hydrogen-bond acceptors (Lipinski definition) is 3. The molecule has 0 saturated heterocycles. The van der Waals surface area contributed by atoms with Gasteiger partial charge in [-0.2, -0.15) is 10.5 Å². The first-order valence-electron chi connectivity index (χ1n) is 5.46. The maximum absolute atomic E-state index is 8.93. The van der Waals surface area contributed by atoms with E-state index in [2.05, 4.69) is 33.0 Å². The predicted octanol–water partition coefficient (Wildman–Crippen LogP) is 3.31. The molecule has 0 bridgehead atoms. The summed E-state index contributed by atoms with van der Waals surface area (Å²) in [5.74, 6) is -0.0283. The van der Waals surface area contributed by atoms with Gasteiger partial charge < -0.3 is 4.90 Å². The first kappa shape index (κ1) is 13.5. The molecule has 0 spiro atoms. The van der Waals surface area contributed by atoms with Gasteiger partial charge in [-0.15, -0.1) is 0 Å². The molecule has 1 rings (SSSR count). The molecule has 0 aliphatic heterocycles. The third kappa shape index (κ3) is 3.76. The Morgan fingerprint density at radius 2 is 2.06 bits per heavy atom. The van der Waals surface area contributed by atoms with Crippen LogP contribution in [0.3, 0.4) is 0 Å². The van der Waals surface area contributed by atoms with Crippen LogP contribution >= 0.6 is 15.9 Å². The molecule has 0 N–H and O–H groups in total. The smallest absolute Gasteiger partial charge is 0.0992 e. The molecule has 1 aromatic carbocycles. The van der Waals surface area contributed by atoms with Crippen LogP contribution in [0, 0.1) is 28.6 Å². The maximum Gasteiger partial charge on any atom is 0.0992 e. The van der Waals surface area contributed by atoms with Crippen LogP contribution < -0.4 is 4.90 Å². The molecule has 4 heteroatoms. The average Bonchev–Trinajstić information content (AvgIpc) is 2.34. The first-order chi connectivity index (χ1) is 8.10. The van der Waals surface area contributed by atoms with Gasteiger partial charge >= 0.3 is 0 Å². The Morgan fingerprint density at radius 1 is 1.35 bits per heavy atom. The number of anilines is 1. The topological polar surface area (TPSA) is 50.8 Å². The van der Waals surface area contributed by atoms with Crippen LogP contribution in [0.4, 0.5) is 5.69 Å². The zero-order valence-corrected chi connectivity index (χ0v) is 11.5. The van der Waals surface area contributed by atoms with Crippen molar-refractivity contribution in [2.45, 2.75) is 13.8 Å². The van der Waals surface area contributed by atoms with Gasteiger partial charge in [0.25, 0.3) is 0 Å². The monoisotopic (exact) mass is 291 g/mol. The van der Waals surface area contributed by atoms with E-state index in [0.717, 1.165) is 16.7 Å². The lowest BCUT2D eigenvalue weighted by atomic mass is 10.1. The number of nitriles is 2. The van der Waals surface area contributed by atoms with E-state index in [-0.39, 0.29) is 5.92 Å². The molecule has 88 valence electrons. The minimum absolute atomic E-state index is 0.0283. The molecule has 17 heavy (non-hydrogen) atoms. The molecule has 0 aliphatic carbocycles. The molecule has 0 amide bonds. The minimum atomic E-state index is -0.0283. The number of halogens is 1. The van der Waals surface area contributed by atoms with Crippen LogP contribution in [0.1, 0.15) is 19.4 Å². The Kier molecular flexibility index (Phi) is 5.00. The third-order valence-electron chi connectivity index (χ3n) is 2.47. The van der Waals surface area contributed by atoms with Gasteiger partial charge in [-0.05, 0) is 32.0 Å². The van der Waals surface area contributed by atoms with Crippen molar-refractivity contribution < 1.29 is 0 Å². The Morgan fingerprint density at radius 3 is 2.59 bits per heavy atom.